The van der Waals surface area contributed by atoms with Crippen molar-refractivity contribution in [1.29, 1.82) is 0 Å². The predicted octanol–water partition coefficient (Wildman–Crippen LogP) is 2.49. The van der Waals surface area contributed by atoms with Crippen molar-refractivity contribution in [3.8, 4) is 5.75 Å². The monoisotopic (exact) mass is 386 g/mol. The molecule has 0 saturated heterocycles. The van der Waals surface area contributed by atoms with E-state index in [9.17, 15) is 9.46 Å². The summed E-state index contributed by atoms with van der Waals surface area (Å²) in [6.07, 6.45) is 0. The molecule has 0 spiro atoms. The zero-order valence-corrected chi connectivity index (χ0v) is 13.7. The lowest BCUT2D eigenvalue weighted by atomic mass is 10.3. The fourth-order valence-electron chi connectivity index (χ4n) is 1.09. The van der Waals surface area contributed by atoms with Crippen molar-refractivity contribution in [1.82, 2.24) is 0 Å². The molecule has 1 rings (SSSR count). The third-order valence-electron chi connectivity index (χ3n) is 2.05. The molecule has 1 N–H and O–H groups in total. The number of nitrogens with zero attached hydrogens (tertiary/aromatic N) is 1. The van der Waals surface area contributed by atoms with Crippen LogP contribution in [0.3, 0.4) is 0 Å². The first-order valence-electron chi connectivity index (χ1n) is 5.41. The average Bonchev–Trinajstić information content (AvgIpc) is 2.18. The van der Waals surface area contributed by atoms with Gasteiger partial charge in [0.05, 0.1) is 21.1 Å². The fraction of sp³-hybridized carbons (Fsp3) is 0.455. The lowest BCUT2D eigenvalue weighted by molar-refractivity contribution is -0.870. The third-order valence-corrected chi connectivity index (χ3v) is 3.72. The van der Waals surface area contributed by atoms with E-state index in [4.69, 9.17) is 9.05 Å². The minimum absolute atomic E-state index is 0.168. The van der Waals surface area contributed by atoms with E-state index in [0.717, 1.165) is 3.57 Å². The SMILES string of the molecule is C[N+](C)(C)CCOP(=O)(O)Oc1ccc(I)cc1. The second-order valence-electron chi connectivity index (χ2n) is 4.86. The lowest BCUT2D eigenvalue weighted by Crippen LogP contribution is -2.37. The number of quaternary nitrogens is 1. The first kappa shape index (κ1) is 15.9. The van der Waals surface area contributed by atoms with Crippen LogP contribution in [-0.4, -0.2) is 43.7 Å². The number of benzene rings is 1. The van der Waals surface area contributed by atoms with Crippen molar-refractivity contribution in [2.75, 3.05) is 34.3 Å². The number of rotatable bonds is 6. The quantitative estimate of drug-likeness (QED) is 0.464. The zero-order valence-electron chi connectivity index (χ0n) is 10.7. The van der Waals surface area contributed by atoms with Crippen LogP contribution in [0.25, 0.3) is 0 Å². The second-order valence-corrected chi connectivity index (χ2v) is 7.48. The standard InChI is InChI=1S/C11H17INO4P/c1-13(2,3)8-9-16-18(14,15)17-11-6-4-10(12)5-7-11/h4-7H,8-9H2,1-3H3/p+1. The van der Waals surface area contributed by atoms with Gasteiger partial charge in [0.25, 0.3) is 0 Å². The molecule has 0 saturated carbocycles. The van der Waals surface area contributed by atoms with Gasteiger partial charge in [-0.05, 0) is 46.9 Å². The van der Waals surface area contributed by atoms with Gasteiger partial charge in [-0.25, -0.2) is 4.57 Å². The number of likely N-dealkylation sites (N-methyl/N-ethyl adjacent to an activating group) is 1. The molecule has 0 aromatic heterocycles. The summed E-state index contributed by atoms with van der Waals surface area (Å²) in [5.74, 6) is 0.325. The summed E-state index contributed by atoms with van der Waals surface area (Å²) < 4.78 is 23.2. The van der Waals surface area contributed by atoms with Crippen LogP contribution >= 0.6 is 30.4 Å². The maximum atomic E-state index is 11.7. The molecule has 1 unspecified atom stereocenters. The van der Waals surface area contributed by atoms with Crippen LogP contribution < -0.4 is 4.52 Å². The summed E-state index contributed by atoms with van der Waals surface area (Å²) in [6, 6.07) is 6.85. The number of phosphoric ester groups is 1. The number of phosphoric acid groups is 1. The number of hydrogen-bond donors (Lipinski definition) is 1. The highest BCUT2D eigenvalue weighted by Gasteiger charge is 2.24. The Morgan fingerprint density at radius 1 is 1.28 bits per heavy atom. The van der Waals surface area contributed by atoms with E-state index in [0.29, 0.717) is 16.8 Å². The fourth-order valence-corrected chi connectivity index (χ4v) is 2.20. The van der Waals surface area contributed by atoms with Crippen molar-refractivity contribution in [2.45, 2.75) is 0 Å². The van der Waals surface area contributed by atoms with Crippen molar-refractivity contribution in [3.05, 3.63) is 27.8 Å². The Morgan fingerprint density at radius 2 is 1.83 bits per heavy atom. The summed E-state index contributed by atoms with van der Waals surface area (Å²) in [7, 11) is 1.91. The molecule has 1 atom stereocenters. The largest absolute Gasteiger partial charge is 0.527 e. The van der Waals surface area contributed by atoms with Gasteiger partial charge < -0.3 is 9.01 Å². The molecule has 5 nitrogen and oxygen atoms in total. The van der Waals surface area contributed by atoms with Crippen molar-refractivity contribution < 1.29 is 23.0 Å². The van der Waals surface area contributed by atoms with E-state index < -0.39 is 7.82 Å². The van der Waals surface area contributed by atoms with E-state index >= 15 is 0 Å². The molecule has 0 aliphatic carbocycles. The van der Waals surface area contributed by atoms with Crippen LogP contribution in [0.2, 0.25) is 0 Å². The van der Waals surface area contributed by atoms with Gasteiger partial charge in [-0.3, -0.25) is 9.42 Å². The minimum Gasteiger partial charge on any atom is -0.404 e. The highest BCUT2D eigenvalue weighted by atomic mass is 127. The van der Waals surface area contributed by atoms with E-state index in [1.54, 1.807) is 24.3 Å². The van der Waals surface area contributed by atoms with Crippen molar-refractivity contribution >= 4 is 30.4 Å². The molecule has 0 fully saturated rings. The number of halogens is 1. The van der Waals surface area contributed by atoms with Crippen molar-refractivity contribution in [3.63, 3.8) is 0 Å². The summed E-state index contributed by atoms with van der Waals surface area (Å²) in [5.41, 5.74) is 0. The van der Waals surface area contributed by atoms with Gasteiger partial charge in [0.15, 0.2) is 0 Å². The molecule has 0 heterocycles. The maximum absolute atomic E-state index is 11.7. The van der Waals surface area contributed by atoms with Gasteiger partial charge in [0.1, 0.15) is 18.9 Å². The Morgan fingerprint density at radius 3 is 2.33 bits per heavy atom. The normalized spacial score (nSPS) is 15.2. The van der Waals surface area contributed by atoms with Crippen LogP contribution in [0.5, 0.6) is 5.75 Å². The molecule has 0 aliphatic rings. The van der Waals surface area contributed by atoms with Crippen LogP contribution in [0.1, 0.15) is 0 Å². The van der Waals surface area contributed by atoms with Gasteiger partial charge in [0.2, 0.25) is 0 Å². The zero-order chi connectivity index (χ0) is 13.8. The van der Waals surface area contributed by atoms with E-state index in [1.807, 2.05) is 21.1 Å². The Bertz CT molecular complexity index is 430. The predicted molar refractivity (Wildman–Crippen MR) is 78.5 cm³/mol. The molecule has 1 aromatic carbocycles. The van der Waals surface area contributed by atoms with E-state index in [2.05, 4.69) is 22.6 Å². The second kappa shape index (κ2) is 6.34. The third kappa shape index (κ3) is 6.70. The Balaban J connectivity index is 2.49. The summed E-state index contributed by atoms with van der Waals surface area (Å²) >= 11 is 2.14. The number of hydrogen-bond acceptors (Lipinski definition) is 3. The van der Waals surface area contributed by atoms with Gasteiger partial charge in [0, 0.05) is 3.57 Å². The van der Waals surface area contributed by atoms with Gasteiger partial charge in [-0.1, -0.05) is 0 Å². The van der Waals surface area contributed by atoms with Gasteiger partial charge in [-0.15, -0.1) is 0 Å². The summed E-state index contributed by atoms with van der Waals surface area (Å²) in [5, 5.41) is 0. The molecular weight excluding hydrogens is 368 g/mol. The summed E-state index contributed by atoms with van der Waals surface area (Å²) in [4.78, 5) is 9.54. The highest BCUT2D eigenvalue weighted by molar-refractivity contribution is 14.1. The molecule has 0 aliphatic heterocycles. The van der Waals surface area contributed by atoms with Crippen LogP contribution in [0.15, 0.2) is 24.3 Å². The molecule has 7 heteroatoms. The summed E-state index contributed by atoms with van der Waals surface area (Å²) in [6.45, 7) is 0.794. The first-order valence-corrected chi connectivity index (χ1v) is 7.98. The lowest BCUT2D eigenvalue weighted by Gasteiger charge is -2.24. The van der Waals surface area contributed by atoms with Crippen LogP contribution in [0, 0.1) is 3.57 Å². The van der Waals surface area contributed by atoms with E-state index in [1.165, 1.54) is 0 Å². The van der Waals surface area contributed by atoms with Crippen LogP contribution in [0.4, 0.5) is 0 Å². The average molecular weight is 386 g/mol. The minimum atomic E-state index is -4.03. The Kier molecular flexibility index (Phi) is 5.61. The molecule has 1 aromatic rings. The Hall–Kier alpha value is -0.140. The molecule has 0 amide bonds. The van der Waals surface area contributed by atoms with Crippen molar-refractivity contribution in [2.24, 2.45) is 0 Å². The smallest absolute Gasteiger partial charge is 0.404 e. The van der Waals surface area contributed by atoms with Gasteiger partial charge in [-0.2, -0.15) is 0 Å². The molecule has 0 radical (unpaired) electrons. The van der Waals surface area contributed by atoms with Gasteiger partial charge >= 0.3 is 7.82 Å². The molecule has 102 valence electrons. The topological polar surface area (TPSA) is 55.8 Å². The maximum Gasteiger partial charge on any atom is 0.527 e. The Labute approximate surface area is 121 Å². The first-order chi connectivity index (χ1) is 8.18. The molecule has 18 heavy (non-hydrogen) atoms. The van der Waals surface area contributed by atoms with Crippen LogP contribution in [-0.2, 0) is 9.09 Å². The van der Waals surface area contributed by atoms with E-state index in [-0.39, 0.29) is 6.61 Å². The highest BCUT2D eigenvalue weighted by Crippen LogP contribution is 2.43. The molecule has 0 bridgehead atoms. The molecular formula is C11H18INO4P+.